The van der Waals surface area contributed by atoms with Gasteiger partial charge in [-0.05, 0) is 13.0 Å². The second-order valence-corrected chi connectivity index (χ2v) is 2.71. The average molecular weight is 182 g/mol. The fourth-order valence-electron chi connectivity index (χ4n) is 0.873. The van der Waals surface area contributed by atoms with E-state index in [0.29, 0.717) is 18.5 Å². The van der Waals surface area contributed by atoms with Crippen LogP contribution in [-0.2, 0) is 9.47 Å². The standard InChI is InChI=1S/C6H9NO.C3H5NO/c1-3-6-7-5(2)4-8-6;1-2-5-3-4-1/h3,5H,1,4H2,2H3;3H,1-2H2. The van der Waals surface area contributed by atoms with E-state index >= 15 is 0 Å². The van der Waals surface area contributed by atoms with Crippen LogP contribution < -0.4 is 0 Å². The van der Waals surface area contributed by atoms with Crippen molar-refractivity contribution < 1.29 is 9.47 Å². The molecule has 72 valence electrons. The normalized spacial score (nSPS) is 23.8. The number of nitrogens with zero attached hydrogens (tertiary/aromatic N) is 2. The molecule has 0 spiro atoms. The molecule has 0 fully saturated rings. The summed E-state index contributed by atoms with van der Waals surface area (Å²) >= 11 is 0. The van der Waals surface area contributed by atoms with Crippen LogP contribution in [0.1, 0.15) is 6.92 Å². The number of rotatable bonds is 1. The topological polar surface area (TPSA) is 43.2 Å². The maximum absolute atomic E-state index is 5.05. The molecule has 2 rings (SSSR count). The molecule has 4 nitrogen and oxygen atoms in total. The summed E-state index contributed by atoms with van der Waals surface area (Å²) in [6, 6.07) is 0.322. The Bertz CT molecular complexity index is 218. The maximum atomic E-state index is 5.05. The summed E-state index contributed by atoms with van der Waals surface area (Å²) in [6.07, 6.45) is 3.11. The molecule has 0 N–H and O–H groups in total. The van der Waals surface area contributed by atoms with Gasteiger partial charge in [-0.2, -0.15) is 0 Å². The van der Waals surface area contributed by atoms with Crippen LogP contribution in [-0.4, -0.2) is 38.1 Å². The molecule has 13 heavy (non-hydrogen) atoms. The van der Waals surface area contributed by atoms with Crippen LogP contribution in [0.3, 0.4) is 0 Å². The van der Waals surface area contributed by atoms with Crippen LogP contribution in [0.4, 0.5) is 0 Å². The van der Waals surface area contributed by atoms with Gasteiger partial charge in [0, 0.05) is 0 Å². The van der Waals surface area contributed by atoms with Crippen LogP contribution in [0, 0.1) is 0 Å². The van der Waals surface area contributed by atoms with Gasteiger partial charge < -0.3 is 9.47 Å². The SMILES string of the molecule is C1=NCCO1.C=CC1=NC(C)CO1. The van der Waals surface area contributed by atoms with Gasteiger partial charge in [-0.25, -0.2) is 4.99 Å². The van der Waals surface area contributed by atoms with Gasteiger partial charge in [-0.1, -0.05) is 6.58 Å². The monoisotopic (exact) mass is 182 g/mol. The molecule has 2 aliphatic heterocycles. The van der Waals surface area contributed by atoms with E-state index in [1.54, 1.807) is 6.08 Å². The second-order valence-electron chi connectivity index (χ2n) is 2.71. The number of hydrogen-bond donors (Lipinski definition) is 0. The molecular formula is C9H14N2O2. The van der Waals surface area contributed by atoms with E-state index in [2.05, 4.69) is 21.3 Å². The summed E-state index contributed by atoms with van der Waals surface area (Å²) in [4.78, 5) is 7.82. The van der Waals surface area contributed by atoms with Crippen molar-refractivity contribution in [3.63, 3.8) is 0 Å². The first-order valence-corrected chi connectivity index (χ1v) is 4.26. The Labute approximate surface area is 78.0 Å². The highest BCUT2D eigenvalue weighted by Gasteiger charge is 2.09. The lowest BCUT2D eigenvalue weighted by Gasteiger charge is -1.90. The largest absolute Gasteiger partial charge is 0.482 e. The van der Waals surface area contributed by atoms with Crippen LogP contribution in [0.15, 0.2) is 22.6 Å². The Morgan fingerprint density at radius 1 is 1.69 bits per heavy atom. The number of hydrogen-bond acceptors (Lipinski definition) is 4. The molecule has 0 aromatic heterocycles. The molecule has 0 amide bonds. The third kappa shape index (κ3) is 3.73. The van der Waals surface area contributed by atoms with Crippen LogP contribution in [0.5, 0.6) is 0 Å². The van der Waals surface area contributed by atoms with Crippen LogP contribution >= 0.6 is 0 Å². The van der Waals surface area contributed by atoms with E-state index in [1.165, 1.54) is 6.40 Å². The third-order valence-corrected chi connectivity index (χ3v) is 1.48. The molecule has 0 bridgehead atoms. The summed E-state index contributed by atoms with van der Waals surface area (Å²) in [5.41, 5.74) is 0. The van der Waals surface area contributed by atoms with E-state index < -0.39 is 0 Å². The fourth-order valence-corrected chi connectivity index (χ4v) is 0.873. The molecule has 0 radical (unpaired) electrons. The summed E-state index contributed by atoms with van der Waals surface area (Å²) < 4.78 is 9.70. The lowest BCUT2D eigenvalue weighted by Crippen LogP contribution is -1.98. The molecule has 4 heteroatoms. The second kappa shape index (κ2) is 5.35. The van der Waals surface area contributed by atoms with Gasteiger partial charge in [0.1, 0.15) is 13.2 Å². The highest BCUT2D eigenvalue weighted by atomic mass is 16.5. The minimum Gasteiger partial charge on any atom is -0.482 e. The molecule has 0 aliphatic carbocycles. The zero-order chi connectivity index (χ0) is 9.52. The minimum atomic E-state index is 0.322. The minimum absolute atomic E-state index is 0.322. The van der Waals surface area contributed by atoms with Crippen molar-refractivity contribution in [1.29, 1.82) is 0 Å². The lowest BCUT2D eigenvalue weighted by atomic mass is 10.4. The third-order valence-electron chi connectivity index (χ3n) is 1.48. The van der Waals surface area contributed by atoms with E-state index in [9.17, 15) is 0 Å². The van der Waals surface area contributed by atoms with E-state index in [1.807, 2.05) is 6.92 Å². The van der Waals surface area contributed by atoms with Gasteiger partial charge in [0.05, 0.1) is 12.6 Å². The number of aliphatic imine (C=N–C) groups is 2. The number of ether oxygens (including phenoxy) is 2. The summed E-state index contributed by atoms with van der Waals surface area (Å²) in [5.74, 6) is 0.678. The summed E-state index contributed by atoms with van der Waals surface area (Å²) in [6.45, 7) is 7.87. The van der Waals surface area contributed by atoms with E-state index in [4.69, 9.17) is 4.74 Å². The highest BCUT2D eigenvalue weighted by Crippen LogP contribution is 2.02. The van der Waals surface area contributed by atoms with Gasteiger partial charge in [0.25, 0.3) is 0 Å². The quantitative estimate of drug-likeness (QED) is 0.608. The van der Waals surface area contributed by atoms with E-state index in [-0.39, 0.29) is 0 Å². The smallest absolute Gasteiger partial charge is 0.208 e. The molecule has 1 atom stereocenters. The average Bonchev–Trinajstić information content (AvgIpc) is 2.76. The van der Waals surface area contributed by atoms with Gasteiger partial charge in [-0.3, -0.25) is 4.99 Å². The van der Waals surface area contributed by atoms with Crippen molar-refractivity contribution in [3.05, 3.63) is 12.7 Å². The summed E-state index contributed by atoms with van der Waals surface area (Å²) in [7, 11) is 0. The highest BCUT2D eigenvalue weighted by molar-refractivity contribution is 5.88. The Kier molecular flexibility index (Phi) is 4.02. The zero-order valence-electron chi connectivity index (χ0n) is 7.77. The van der Waals surface area contributed by atoms with Gasteiger partial charge in [0.2, 0.25) is 5.90 Å². The maximum Gasteiger partial charge on any atom is 0.208 e. The fraction of sp³-hybridized carbons (Fsp3) is 0.556. The van der Waals surface area contributed by atoms with Crippen molar-refractivity contribution in [1.82, 2.24) is 0 Å². The van der Waals surface area contributed by atoms with Crippen molar-refractivity contribution in [2.24, 2.45) is 9.98 Å². The molecule has 2 aliphatic rings. The Hall–Kier alpha value is -1.32. The molecular weight excluding hydrogens is 168 g/mol. The molecule has 0 saturated heterocycles. The molecule has 0 aromatic rings. The van der Waals surface area contributed by atoms with Crippen LogP contribution in [0.2, 0.25) is 0 Å². The molecule has 0 saturated carbocycles. The van der Waals surface area contributed by atoms with Crippen molar-refractivity contribution in [3.8, 4) is 0 Å². The first-order valence-electron chi connectivity index (χ1n) is 4.26. The van der Waals surface area contributed by atoms with Gasteiger partial charge >= 0.3 is 0 Å². The molecule has 1 unspecified atom stereocenters. The first-order chi connectivity index (χ1) is 6.33. The van der Waals surface area contributed by atoms with E-state index in [0.717, 1.165) is 13.2 Å². The first kappa shape index (κ1) is 9.77. The van der Waals surface area contributed by atoms with Crippen molar-refractivity contribution in [2.75, 3.05) is 19.8 Å². The van der Waals surface area contributed by atoms with Crippen molar-refractivity contribution in [2.45, 2.75) is 13.0 Å². The molecule has 2 heterocycles. The van der Waals surface area contributed by atoms with Crippen molar-refractivity contribution >= 4 is 12.3 Å². The van der Waals surface area contributed by atoms with Crippen LogP contribution in [0.25, 0.3) is 0 Å². The predicted molar refractivity (Wildman–Crippen MR) is 52.4 cm³/mol. The zero-order valence-corrected chi connectivity index (χ0v) is 7.77. The molecule has 0 aromatic carbocycles. The summed E-state index contributed by atoms with van der Waals surface area (Å²) in [5, 5.41) is 0. The lowest BCUT2D eigenvalue weighted by molar-refractivity contribution is 0.325. The Morgan fingerprint density at radius 3 is 2.77 bits per heavy atom. The Morgan fingerprint density at radius 2 is 2.54 bits per heavy atom. The van der Waals surface area contributed by atoms with Gasteiger partial charge in [0.15, 0.2) is 6.40 Å². The Balaban J connectivity index is 0.000000145. The predicted octanol–water partition coefficient (Wildman–Crippen LogP) is 1.03. The van der Waals surface area contributed by atoms with Gasteiger partial charge in [-0.15, -0.1) is 0 Å².